The van der Waals surface area contributed by atoms with Gasteiger partial charge in [0, 0.05) is 20.7 Å². The molecule has 0 saturated carbocycles. The van der Waals surface area contributed by atoms with Crippen LogP contribution in [0, 0.1) is 13.8 Å². The molecule has 0 aliphatic rings. The minimum Gasteiger partial charge on any atom is -0.422 e. The van der Waals surface area contributed by atoms with E-state index in [1.165, 1.54) is 10.4 Å². The molecule has 3 heteroatoms. The van der Waals surface area contributed by atoms with E-state index in [4.69, 9.17) is 4.42 Å². The van der Waals surface area contributed by atoms with Gasteiger partial charge in [0.05, 0.1) is 5.56 Å². The Balaban J connectivity index is 2.14. The lowest BCUT2D eigenvalue weighted by atomic mass is 9.95. The van der Waals surface area contributed by atoms with Gasteiger partial charge in [0.1, 0.15) is 5.58 Å². The maximum atomic E-state index is 12.7. The first-order chi connectivity index (χ1) is 11.6. The second-order valence-corrected chi connectivity index (χ2v) is 7.20. The van der Waals surface area contributed by atoms with Crippen molar-refractivity contribution >= 4 is 22.3 Å². The quantitative estimate of drug-likeness (QED) is 0.434. The highest BCUT2D eigenvalue weighted by Crippen LogP contribution is 2.38. The number of rotatable bonds is 2. The third-order valence-corrected chi connectivity index (χ3v) is 5.16. The number of hydrogen-bond acceptors (Lipinski definition) is 3. The van der Waals surface area contributed by atoms with Crippen LogP contribution in [0.3, 0.4) is 0 Å². The van der Waals surface area contributed by atoms with Gasteiger partial charge in [-0.05, 0) is 37.6 Å². The van der Waals surface area contributed by atoms with E-state index in [2.05, 4.69) is 31.2 Å². The molecule has 4 rings (SSSR count). The molecule has 2 heterocycles. The Morgan fingerprint density at radius 3 is 2.29 bits per heavy atom. The maximum Gasteiger partial charge on any atom is 0.345 e. The zero-order valence-electron chi connectivity index (χ0n) is 13.5. The van der Waals surface area contributed by atoms with Crippen molar-refractivity contribution in [3.05, 3.63) is 81.5 Å². The minimum absolute atomic E-state index is 0.286. The summed E-state index contributed by atoms with van der Waals surface area (Å²) in [6.45, 7) is 4.10. The van der Waals surface area contributed by atoms with Crippen molar-refractivity contribution in [1.82, 2.24) is 0 Å². The largest absolute Gasteiger partial charge is 0.422 e. The molecule has 0 bridgehead atoms. The molecule has 0 aliphatic heterocycles. The number of aryl methyl sites for hydroxylation is 2. The van der Waals surface area contributed by atoms with Crippen LogP contribution >= 0.6 is 11.3 Å². The fourth-order valence-corrected chi connectivity index (χ4v) is 3.87. The third kappa shape index (κ3) is 2.47. The molecule has 0 amide bonds. The van der Waals surface area contributed by atoms with E-state index < -0.39 is 0 Å². The van der Waals surface area contributed by atoms with Crippen molar-refractivity contribution in [2.45, 2.75) is 13.8 Å². The number of para-hydroxylation sites is 1. The Hall–Kier alpha value is -2.65. The van der Waals surface area contributed by atoms with E-state index in [9.17, 15) is 4.79 Å². The van der Waals surface area contributed by atoms with Crippen LogP contribution in [0.15, 0.2) is 69.9 Å². The van der Waals surface area contributed by atoms with Gasteiger partial charge >= 0.3 is 5.63 Å². The molecule has 0 saturated heterocycles. The molecule has 0 fully saturated rings. The van der Waals surface area contributed by atoms with Gasteiger partial charge < -0.3 is 4.42 Å². The van der Waals surface area contributed by atoms with Crippen molar-refractivity contribution in [3.63, 3.8) is 0 Å². The van der Waals surface area contributed by atoms with Crippen LogP contribution in [0.25, 0.3) is 32.5 Å². The Morgan fingerprint density at radius 1 is 0.833 bits per heavy atom. The summed E-state index contributed by atoms with van der Waals surface area (Å²) in [7, 11) is 0. The lowest BCUT2D eigenvalue weighted by molar-refractivity contribution is 0.564. The van der Waals surface area contributed by atoms with Crippen LogP contribution in [0.1, 0.15) is 10.4 Å². The number of benzene rings is 2. The van der Waals surface area contributed by atoms with Crippen molar-refractivity contribution < 1.29 is 4.42 Å². The molecular formula is C21H16O2S. The van der Waals surface area contributed by atoms with Crippen molar-refractivity contribution in [2.24, 2.45) is 0 Å². The first kappa shape index (κ1) is 14.9. The van der Waals surface area contributed by atoms with Crippen LogP contribution < -0.4 is 5.63 Å². The number of fused-ring (bicyclic) bond motifs is 1. The summed E-state index contributed by atoms with van der Waals surface area (Å²) >= 11 is 1.62. The highest BCUT2D eigenvalue weighted by atomic mass is 32.1. The lowest BCUT2D eigenvalue weighted by Crippen LogP contribution is -2.05. The summed E-state index contributed by atoms with van der Waals surface area (Å²) in [5, 5.41) is 0.960. The highest BCUT2D eigenvalue weighted by molar-refractivity contribution is 7.15. The van der Waals surface area contributed by atoms with Crippen molar-refractivity contribution in [3.8, 4) is 21.6 Å². The molecular weight excluding hydrogens is 316 g/mol. The van der Waals surface area contributed by atoms with Gasteiger partial charge in [0.15, 0.2) is 0 Å². The Morgan fingerprint density at radius 2 is 1.58 bits per heavy atom. The molecule has 24 heavy (non-hydrogen) atoms. The van der Waals surface area contributed by atoms with E-state index in [0.717, 1.165) is 21.4 Å². The molecule has 0 spiro atoms. The summed E-state index contributed by atoms with van der Waals surface area (Å²) in [4.78, 5) is 14.9. The van der Waals surface area contributed by atoms with E-state index in [0.29, 0.717) is 11.1 Å². The Bertz CT molecular complexity index is 1080. The summed E-state index contributed by atoms with van der Waals surface area (Å²) in [5.41, 5.74) is 4.16. The van der Waals surface area contributed by atoms with E-state index in [1.807, 2.05) is 43.3 Å². The molecule has 2 aromatic carbocycles. The van der Waals surface area contributed by atoms with Gasteiger partial charge in [-0.1, -0.05) is 48.0 Å². The zero-order valence-corrected chi connectivity index (χ0v) is 14.3. The van der Waals surface area contributed by atoms with Gasteiger partial charge in [-0.2, -0.15) is 0 Å². The van der Waals surface area contributed by atoms with Gasteiger partial charge in [0.2, 0.25) is 0 Å². The van der Waals surface area contributed by atoms with E-state index in [-0.39, 0.29) is 5.63 Å². The smallest absolute Gasteiger partial charge is 0.345 e. The summed E-state index contributed by atoms with van der Waals surface area (Å²) in [6, 6.07) is 20.0. The summed E-state index contributed by atoms with van der Waals surface area (Å²) in [5.74, 6) is 0. The molecule has 0 N–H and O–H groups in total. The first-order valence-corrected chi connectivity index (χ1v) is 8.65. The monoisotopic (exact) mass is 332 g/mol. The van der Waals surface area contributed by atoms with E-state index >= 15 is 0 Å². The zero-order chi connectivity index (χ0) is 16.7. The van der Waals surface area contributed by atoms with Gasteiger partial charge in [0.25, 0.3) is 0 Å². The molecule has 118 valence electrons. The molecule has 2 nitrogen and oxygen atoms in total. The molecule has 4 aromatic rings. The second kappa shape index (κ2) is 5.77. The fraction of sp³-hybridized carbons (Fsp3) is 0.0952. The van der Waals surface area contributed by atoms with Gasteiger partial charge in [-0.3, -0.25) is 0 Å². The molecule has 0 unspecified atom stereocenters. The highest BCUT2D eigenvalue weighted by Gasteiger charge is 2.18. The normalized spacial score (nSPS) is 11.1. The predicted molar refractivity (Wildman–Crippen MR) is 101 cm³/mol. The second-order valence-electron chi connectivity index (χ2n) is 5.91. The van der Waals surface area contributed by atoms with Crippen LogP contribution in [0.2, 0.25) is 0 Å². The van der Waals surface area contributed by atoms with Gasteiger partial charge in [-0.25, -0.2) is 4.79 Å². The third-order valence-electron chi connectivity index (χ3n) is 4.14. The van der Waals surface area contributed by atoms with Crippen LogP contribution in [0.4, 0.5) is 0 Å². The SMILES string of the molecule is Cc1ccc(-c2c(-c3ccc(C)s3)c(=O)oc3ccccc23)cc1. The number of hydrogen-bond donors (Lipinski definition) is 0. The van der Waals surface area contributed by atoms with Crippen molar-refractivity contribution in [2.75, 3.05) is 0 Å². The average Bonchev–Trinajstić information content (AvgIpc) is 3.00. The summed E-state index contributed by atoms with van der Waals surface area (Å²) in [6.07, 6.45) is 0. The summed E-state index contributed by atoms with van der Waals surface area (Å²) < 4.78 is 5.59. The fourth-order valence-electron chi connectivity index (χ4n) is 2.96. The molecule has 0 radical (unpaired) electrons. The average molecular weight is 332 g/mol. The minimum atomic E-state index is -0.286. The molecule has 2 aromatic heterocycles. The van der Waals surface area contributed by atoms with Crippen LogP contribution in [-0.4, -0.2) is 0 Å². The maximum absolute atomic E-state index is 12.7. The molecule has 0 atom stereocenters. The first-order valence-electron chi connectivity index (χ1n) is 7.83. The lowest BCUT2D eigenvalue weighted by Gasteiger charge is -2.11. The number of thiophene rings is 1. The van der Waals surface area contributed by atoms with Crippen molar-refractivity contribution in [1.29, 1.82) is 0 Å². The van der Waals surface area contributed by atoms with Crippen LogP contribution in [-0.2, 0) is 0 Å². The van der Waals surface area contributed by atoms with E-state index in [1.54, 1.807) is 11.3 Å². The Labute approximate surface area is 144 Å². The molecule has 0 aliphatic carbocycles. The Kier molecular flexibility index (Phi) is 3.58. The van der Waals surface area contributed by atoms with Crippen LogP contribution in [0.5, 0.6) is 0 Å². The predicted octanol–water partition coefficient (Wildman–Crippen LogP) is 5.81. The van der Waals surface area contributed by atoms with Gasteiger partial charge in [-0.15, -0.1) is 11.3 Å². The topological polar surface area (TPSA) is 30.2 Å². The standard InChI is InChI=1S/C21H16O2S/c1-13-7-10-15(11-8-13)19-16-5-3-4-6-17(16)23-21(22)20(19)18-12-9-14(2)24-18/h3-12H,1-2H3.